The van der Waals surface area contributed by atoms with Gasteiger partial charge in [0.05, 0.1) is 20.4 Å². The number of carbonyl (C=O) groups excluding carboxylic acids is 1. The Balaban J connectivity index is 1.71. The van der Waals surface area contributed by atoms with Crippen molar-refractivity contribution in [2.75, 3.05) is 25.0 Å². The highest BCUT2D eigenvalue weighted by Gasteiger charge is 2.43. The fraction of sp³-hybridized carbons (Fsp3) is 0.208. The summed E-state index contributed by atoms with van der Waals surface area (Å²) in [6, 6.07) is 17.6. The molecule has 1 atom stereocenters. The molecule has 3 aromatic rings. The van der Waals surface area contributed by atoms with Gasteiger partial charge in [0.1, 0.15) is 6.04 Å². The number of nitrogens with zero attached hydrogens (tertiary/aromatic N) is 3. The van der Waals surface area contributed by atoms with E-state index < -0.39 is 43.5 Å². The Morgan fingerprint density at radius 2 is 1.46 bits per heavy atom. The predicted molar refractivity (Wildman–Crippen MR) is 136 cm³/mol. The number of benzene rings is 3. The van der Waals surface area contributed by atoms with Gasteiger partial charge in [-0.2, -0.15) is 8.61 Å². The summed E-state index contributed by atoms with van der Waals surface area (Å²) in [6.07, 6.45) is 0. The molecule has 4 rings (SSSR count). The van der Waals surface area contributed by atoms with E-state index in [1.54, 1.807) is 43.3 Å². The lowest BCUT2D eigenvalue weighted by Gasteiger charge is -2.39. The van der Waals surface area contributed by atoms with Gasteiger partial charge in [0.25, 0.3) is 5.69 Å². The molecule has 11 nitrogen and oxygen atoms in total. The molecule has 37 heavy (non-hydrogen) atoms. The Morgan fingerprint density at radius 1 is 0.892 bits per heavy atom. The van der Waals surface area contributed by atoms with Crippen molar-refractivity contribution in [3.05, 3.63) is 94.5 Å². The first-order chi connectivity index (χ1) is 17.5. The van der Waals surface area contributed by atoms with Gasteiger partial charge < -0.3 is 5.32 Å². The lowest BCUT2D eigenvalue weighted by Crippen LogP contribution is -2.60. The first-order valence-electron chi connectivity index (χ1n) is 11.2. The molecule has 1 amide bonds. The van der Waals surface area contributed by atoms with Crippen molar-refractivity contribution in [2.24, 2.45) is 0 Å². The Hall–Kier alpha value is -3.65. The quantitative estimate of drug-likeness (QED) is 0.355. The van der Waals surface area contributed by atoms with Crippen LogP contribution in [0.15, 0.2) is 88.7 Å². The number of non-ortho nitro benzene ring substituents is 1. The zero-order chi connectivity index (χ0) is 26.8. The van der Waals surface area contributed by atoms with Crippen LogP contribution >= 0.6 is 0 Å². The van der Waals surface area contributed by atoms with Crippen LogP contribution in [0, 0.1) is 17.0 Å². The third-order valence-corrected chi connectivity index (χ3v) is 9.82. The van der Waals surface area contributed by atoms with Gasteiger partial charge in [-0.15, -0.1) is 0 Å². The minimum Gasteiger partial charge on any atom is -0.324 e. The number of carbonyl (C=O) groups is 1. The number of rotatable bonds is 7. The van der Waals surface area contributed by atoms with Crippen molar-refractivity contribution in [2.45, 2.75) is 22.8 Å². The molecule has 0 saturated carbocycles. The van der Waals surface area contributed by atoms with Gasteiger partial charge in [0, 0.05) is 31.8 Å². The normalized spacial score (nSPS) is 17.3. The predicted octanol–water partition coefficient (Wildman–Crippen LogP) is 2.61. The molecule has 1 fully saturated rings. The molecule has 0 bridgehead atoms. The summed E-state index contributed by atoms with van der Waals surface area (Å²) in [5.41, 5.74) is 0.381. The molecule has 0 aromatic heterocycles. The highest BCUT2D eigenvalue weighted by molar-refractivity contribution is 7.89. The van der Waals surface area contributed by atoms with E-state index in [2.05, 4.69) is 5.32 Å². The fourth-order valence-electron chi connectivity index (χ4n) is 4.00. The van der Waals surface area contributed by atoms with Crippen molar-refractivity contribution in [3.8, 4) is 0 Å². The standard InChI is InChI=1S/C24H24N4O7S2/c1-18-12-13-19(28(30)31)16-22(18)25-24(29)23-17-26(36(32,33)20-8-4-2-5-9-20)14-15-27(23)37(34,35)21-10-6-3-7-11-21/h2-13,16,23H,14-15,17H2,1H3,(H,25,29)/t23-/m1/s1. The number of aryl methyl sites for hydroxylation is 1. The van der Waals surface area contributed by atoms with Crippen LogP contribution in [-0.2, 0) is 24.8 Å². The smallest absolute Gasteiger partial charge is 0.271 e. The summed E-state index contributed by atoms with van der Waals surface area (Å²) in [6.45, 7) is 0.756. The molecule has 0 radical (unpaired) electrons. The molecule has 1 aliphatic heterocycles. The molecule has 0 spiro atoms. The maximum absolute atomic E-state index is 13.5. The largest absolute Gasteiger partial charge is 0.324 e. The van der Waals surface area contributed by atoms with Crippen molar-refractivity contribution in [3.63, 3.8) is 0 Å². The molecule has 13 heteroatoms. The number of amides is 1. The second-order valence-electron chi connectivity index (χ2n) is 8.37. The van der Waals surface area contributed by atoms with Gasteiger partial charge in [0.15, 0.2) is 0 Å². The van der Waals surface area contributed by atoms with E-state index in [0.29, 0.717) is 5.56 Å². The molecule has 0 unspecified atom stereocenters. The maximum atomic E-state index is 13.5. The van der Waals surface area contributed by atoms with E-state index in [-0.39, 0.29) is 34.3 Å². The second-order valence-corrected chi connectivity index (χ2v) is 12.2. The van der Waals surface area contributed by atoms with E-state index in [4.69, 9.17) is 0 Å². The molecule has 194 valence electrons. The van der Waals surface area contributed by atoms with Crippen LogP contribution in [0.4, 0.5) is 11.4 Å². The van der Waals surface area contributed by atoms with Gasteiger partial charge in [-0.3, -0.25) is 14.9 Å². The Labute approximate surface area is 214 Å². The first-order valence-corrected chi connectivity index (χ1v) is 14.1. The number of hydrogen-bond donors (Lipinski definition) is 1. The van der Waals surface area contributed by atoms with Gasteiger partial charge >= 0.3 is 0 Å². The lowest BCUT2D eigenvalue weighted by atomic mass is 10.1. The number of nitrogens with one attached hydrogen (secondary N) is 1. The summed E-state index contributed by atoms with van der Waals surface area (Å²) in [7, 11) is -8.19. The van der Waals surface area contributed by atoms with Crippen molar-refractivity contribution >= 4 is 37.3 Å². The van der Waals surface area contributed by atoms with Crippen molar-refractivity contribution < 1.29 is 26.6 Å². The van der Waals surface area contributed by atoms with Gasteiger partial charge in [-0.1, -0.05) is 42.5 Å². The minimum absolute atomic E-state index is 0.0167. The van der Waals surface area contributed by atoms with Gasteiger partial charge in [-0.05, 0) is 36.8 Å². The zero-order valence-corrected chi connectivity index (χ0v) is 21.4. The summed E-state index contributed by atoms with van der Waals surface area (Å²) >= 11 is 0. The maximum Gasteiger partial charge on any atom is 0.271 e. The zero-order valence-electron chi connectivity index (χ0n) is 19.7. The third-order valence-electron chi connectivity index (χ3n) is 6.02. The van der Waals surface area contributed by atoms with Crippen LogP contribution in [0.5, 0.6) is 0 Å². The summed E-state index contributed by atoms with van der Waals surface area (Å²) < 4.78 is 55.5. The molecule has 1 saturated heterocycles. The summed E-state index contributed by atoms with van der Waals surface area (Å²) in [4.78, 5) is 24.1. The molecular formula is C24H24N4O7S2. The molecule has 1 aliphatic rings. The number of nitro benzene ring substituents is 1. The lowest BCUT2D eigenvalue weighted by molar-refractivity contribution is -0.384. The Morgan fingerprint density at radius 3 is 2.03 bits per heavy atom. The van der Waals surface area contributed by atoms with E-state index in [1.165, 1.54) is 42.5 Å². The summed E-state index contributed by atoms with van der Waals surface area (Å²) in [5, 5.41) is 13.8. The number of anilines is 1. The number of sulfonamides is 2. The van der Waals surface area contributed by atoms with Crippen LogP contribution < -0.4 is 5.32 Å². The average molecular weight is 545 g/mol. The highest BCUT2D eigenvalue weighted by Crippen LogP contribution is 2.27. The highest BCUT2D eigenvalue weighted by atomic mass is 32.2. The first kappa shape index (κ1) is 26.4. The number of nitro groups is 1. The topological polar surface area (TPSA) is 147 Å². The van der Waals surface area contributed by atoms with Crippen LogP contribution in [0.1, 0.15) is 5.56 Å². The van der Waals surface area contributed by atoms with Crippen molar-refractivity contribution in [1.29, 1.82) is 0 Å². The molecular weight excluding hydrogens is 520 g/mol. The minimum atomic E-state index is -4.17. The van der Waals surface area contributed by atoms with E-state index >= 15 is 0 Å². The molecule has 3 aromatic carbocycles. The number of piperazine rings is 1. The fourth-order valence-corrected chi connectivity index (χ4v) is 7.05. The van der Waals surface area contributed by atoms with E-state index in [0.717, 1.165) is 8.61 Å². The van der Waals surface area contributed by atoms with Crippen LogP contribution in [0.2, 0.25) is 0 Å². The molecule has 1 N–H and O–H groups in total. The van der Waals surface area contributed by atoms with Crippen LogP contribution in [-0.4, -0.2) is 62.0 Å². The second kappa shape index (κ2) is 10.4. The van der Waals surface area contributed by atoms with Gasteiger partial charge in [-0.25, -0.2) is 16.8 Å². The Kier molecular flexibility index (Phi) is 7.41. The third kappa shape index (κ3) is 5.39. The SMILES string of the molecule is Cc1ccc([N+](=O)[O-])cc1NC(=O)[C@H]1CN(S(=O)(=O)c2ccccc2)CCN1S(=O)(=O)c1ccccc1. The number of hydrogen-bond acceptors (Lipinski definition) is 7. The summed E-state index contributed by atoms with van der Waals surface area (Å²) in [5.74, 6) is -0.809. The van der Waals surface area contributed by atoms with E-state index in [1.807, 2.05) is 0 Å². The van der Waals surface area contributed by atoms with Crippen LogP contribution in [0.25, 0.3) is 0 Å². The van der Waals surface area contributed by atoms with Gasteiger partial charge in [0.2, 0.25) is 26.0 Å². The Bertz CT molecular complexity index is 1530. The molecule has 0 aliphatic carbocycles. The monoisotopic (exact) mass is 544 g/mol. The van der Waals surface area contributed by atoms with Crippen molar-refractivity contribution in [1.82, 2.24) is 8.61 Å². The van der Waals surface area contributed by atoms with Crippen LogP contribution in [0.3, 0.4) is 0 Å². The average Bonchev–Trinajstić information content (AvgIpc) is 2.90. The van der Waals surface area contributed by atoms with E-state index in [9.17, 15) is 31.7 Å². The molecule has 1 heterocycles.